The topological polar surface area (TPSA) is 41.6 Å². The van der Waals surface area contributed by atoms with Crippen LogP contribution in [0.15, 0.2) is 24.3 Å². The van der Waals surface area contributed by atoms with Crippen molar-refractivity contribution in [2.75, 3.05) is 26.7 Å². The number of rotatable bonds is 6. The molecule has 4 nitrogen and oxygen atoms in total. The maximum atomic E-state index is 12.3. The first-order chi connectivity index (χ1) is 12.1. The lowest BCUT2D eigenvalue weighted by molar-refractivity contribution is -0.173. The van der Waals surface area contributed by atoms with Gasteiger partial charge in [0.2, 0.25) is 0 Å². The Labute approximate surface area is 152 Å². The largest absolute Gasteiger partial charge is 0.497 e. The van der Waals surface area contributed by atoms with Crippen molar-refractivity contribution in [1.29, 1.82) is 0 Å². The smallest absolute Gasteiger partial charge is 0.471 e. The maximum absolute atomic E-state index is 12.3. The summed E-state index contributed by atoms with van der Waals surface area (Å²) in [4.78, 5) is 13.3. The molecule has 1 aromatic carbocycles. The molecule has 0 radical (unpaired) electrons. The van der Waals surface area contributed by atoms with Crippen molar-refractivity contribution in [1.82, 2.24) is 10.2 Å². The molecule has 0 bridgehead atoms. The summed E-state index contributed by atoms with van der Waals surface area (Å²) < 4.78 is 42.3. The van der Waals surface area contributed by atoms with Gasteiger partial charge in [-0.15, -0.1) is 0 Å². The minimum absolute atomic E-state index is 0.0274. The third kappa shape index (κ3) is 5.62. The Bertz CT molecular complexity index is 617. The Balaban J connectivity index is 1.95. The van der Waals surface area contributed by atoms with E-state index in [1.54, 1.807) is 7.11 Å². The van der Waals surface area contributed by atoms with Crippen molar-refractivity contribution in [2.24, 2.45) is 5.92 Å². The summed E-state index contributed by atoms with van der Waals surface area (Å²) in [5.74, 6) is -1.02. The maximum Gasteiger partial charge on any atom is 0.471 e. The van der Waals surface area contributed by atoms with Crippen molar-refractivity contribution in [3.63, 3.8) is 0 Å². The number of alkyl halides is 3. The second kappa shape index (κ2) is 8.29. The number of halogens is 3. The molecule has 1 fully saturated rings. The molecule has 1 atom stereocenters. The van der Waals surface area contributed by atoms with E-state index >= 15 is 0 Å². The Hall–Kier alpha value is -1.76. The first-order valence-electron chi connectivity index (χ1n) is 8.85. The predicted molar refractivity (Wildman–Crippen MR) is 94.1 cm³/mol. The zero-order valence-electron chi connectivity index (χ0n) is 15.5. The van der Waals surface area contributed by atoms with Crippen LogP contribution in [0.5, 0.6) is 5.75 Å². The Morgan fingerprint density at radius 1 is 1.35 bits per heavy atom. The second-order valence-electron chi connectivity index (χ2n) is 7.50. The molecule has 26 heavy (non-hydrogen) atoms. The van der Waals surface area contributed by atoms with E-state index in [0.717, 1.165) is 37.1 Å². The zero-order chi connectivity index (χ0) is 19.4. The molecule has 2 rings (SSSR count). The number of hydrogen-bond donors (Lipinski definition) is 1. The summed E-state index contributed by atoms with van der Waals surface area (Å²) in [6, 6.07) is 7.91. The van der Waals surface area contributed by atoms with Gasteiger partial charge in [-0.2, -0.15) is 13.2 Å². The molecule has 0 saturated carbocycles. The molecule has 1 unspecified atom stereocenters. The number of carbonyl (C=O) groups excluding carboxylic acids is 1. The van der Waals surface area contributed by atoms with E-state index in [4.69, 9.17) is 4.74 Å². The fourth-order valence-electron chi connectivity index (χ4n) is 3.51. The normalized spacial score (nSPS) is 19.2. The molecule has 1 N–H and O–H groups in total. The Kier molecular flexibility index (Phi) is 6.55. The third-order valence-corrected chi connectivity index (χ3v) is 4.95. The summed E-state index contributed by atoms with van der Waals surface area (Å²) in [7, 11) is 1.63. The van der Waals surface area contributed by atoms with Crippen LogP contribution in [0.3, 0.4) is 0 Å². The number of carbonyl (C=O) groups is 1. The lowest BCUT2D eigenvalue weighted by Gasteiger charge is -2.44. The van der Waals surface area contributed by atoms with Crippen LogP contribution in [0.25, 0.3) is 0 Å². The molecule has 1 aliphatic rings. The molecule has 1 heterocycles. The van der Waals surface area contributed by atoms with Gasteiger partial charge in [-0.05, 0) is 63.3 Å². The SMILES string of the molecule is COc1cccc(CC(C)(C)N2CCCC(CNC(=O)C(F)(F)F)C2)c1. The summed E-state index contributed by atoms with van der Waals surface area (Å²) in [5, 5.41) is 2.02. The van der Waals surface area contributed by atoms with Crippen molar-refractivity contribution in [3.05, 3.63) is 29.8 Å². The molecule has 1 saturated heterocycles. The van der Waals surface area contributed by atoms with Gasteiger partial charge in [0.15, 0.2) is 0 Å². The summed E-state index contributed by atoms with van der Waals surface area (Å²) >= 11 is 0. The first-order valence-corrected chi connectivity index (χ1v) is 8.85. The summed E-state index contributed by atoms with van der Waals surface area (Å²) in [6.45, 7) is 5.92. The van der Waals surface area contributed by atoms with E-state index in [0.29, 0.717) is 6.54 Å². The molecule has 1 aliphatic heterocycles. The number of benzene rings is 1. The van der Waals surface area contributed by atoms with Crippen LogP contribution >= 0.6 is 0 Å². The van der Waals surface area contributed by atoms with E-state index in [-0.39, 0.29) is 18.0 Å². The van der Waals surface area contributed by atoms with Gasteiger partial charge < -0.3 is 10.1 Å². The average Bonchev–Trinajstić information content (AvgIpc) is 2.59. The molecule has 1 amide bonds. The van der Waals surface area contributed by atoms with Crippen molar-refractivity contribution >= 4 is 5.91 Å². The van der Waals surface area contributed by atoms with Gasteiger partial charge in [0.05, 0.1) is 7.11 Å². The number of methoxy groups -OCH3 is 1. The van der Waals surface area contributed by atoms with Gasteiger partial charge in [0.1, 0.15) is 5.75 Å². The van der Waals surface area contributed by atoms with E-state index in [2.05, 4.69) is 24.8 Å². The number of hydrogen-bond acceptors (Lipinski definition) is 3. The monoisotopic (exact) mass is 372 g/mol. The quantitative estimate of drug-likeness (QED) is 0.832. The predicted octanol–water partition coefficient (Wildman–Crippen LogP) is 3.41. The molecule has 1 aromatic rings. The number of nitrogens with zero attached hydrogens (tertiary/aromatic N) is 1. The van der Waals surface area contributed by atoms with Gasteiger partial charge in [-0.1, -0.05) is 12.1 Å². The molecule has 0 spiro atoms. The van der Waals surface area contributed by atoms with Gasteiger partial charge in [-0.25, -0.2) is 0 Å². The molecular weight excluding hydrogens is 345 g/mol. The van der Waals surface area contributed by atoms with Crippen LogP contribution < -0.4 is 10.1 Å². The Morgan fingerprint density at radius 2 is 2.08 bits per heavy atom. The molecule has 146 valence electrons. The fraction of sp³-hybridized carbons (Fsp3) is 0.632. The van der Waals surface area contributed by atoms with E-state index in [9.17, 15) is 18.0 Å². The molecule has 0 aliphatic carbocycles. The highest BCUT2D eigenvalue weighted by molar-refractivity contribution is 5.81. The fourth-order valence-corrected chi connectivity index (χ4v) is 3.51. The van der Waals surface area contributed by atoms with E-state index in [1.807, 2.05) is 23.5 Å². The lowest BCUT2D eigenvalue weighted by atomic mass is 9.88. The number of piperidine rings is 1. The van der Waals surface area contributed by atoms with E-state index < -0.39 is 12.1 Å². The average molecular weight is 372 g/mol. The van der Waals surface area contributed by atoms with Crippen LogP contribution in [-0.2, 0) is 11.2 Å². The number of amides is 1. The lowest BCUT2D eigenvalue weighted by Crippen LogP contribution is -2.52. The van der Waals surface area contributed by atoms with E-state index in [1.165, 1.54) is 0 Å². The third-order valence-electron chi connectivity index (χ3n) is 4.95. The minimum atomic E-state index is -4.82. The summed E-state index contributed by atoms with van der Waals surface area (Å²) in [6.07, 6.45) is -2.27. The summed E-state index contributed by atoms with van der Waals surface area (Å²) in [5.41, 5.74) is 1.01. The highest BCUT2D eigenvalue weighted by Crippen LogP contribution is 2.28. The number of ether oxygens (including phenoxy) is 1. The number of nitrogens with one attached hydrogen (secondary N) is 1. The first kappa shape index (κ1) is 20.6. The van der Waals surface area contributed by atoms with Gasteiger partial charge in [0, 0.05) is 18.6 Å². The van der Waals surface area contributed by atoms with Crippen molar-refractivity contribution in [3.8, 4) is 5.75 Å². The van der Waals surface area contributed by atoms with Gasteiger partial charge in [-0.3, -0.25) is 9.69 Å². The van der Waals surface area contributed by atoms with Crippen LogP contribution in [0.1, 0.15) is 32.3 Å². The molecular formula is C19H27F3N2O2. The van der Waals surface area contributed by atoms with Crippen LogP contribution in [0.2, 0.25) is 0 Å². The zero-order valence-corrected chi connectivity index (χ0v) is 15.5. The van der Waals surface area contributed by atoms with Crippen LogP contribution in [0.4, 0.5) is 13.2 Å². The van der Waals surface area contributed by atoms with Gasteiger partial charge >= 0.3 is 12.1 Å². The minimum Gasteiger partial charge on any atom is -0.497 e. The highest BCUT2D eigenvalue weighted by atomic mass is 19.4. The molecule has 7 heteroatoms. The van der Waals surface area contributed by atoms with Gasteiger partial charge in [0.25, 0.3) is 0 Å². The van der Waals surface area contributed by atoms with Crippen molar-refractivity contribution < 1.29 is 22.7 Å². The second-order valence-corrected chi connectivity index (χ2v) is 7.50. The Morgan fingerprint density at radius 3 is 2.73 bits per heavy atom. The number of likely N-dealkylation sites (tertiary alicyclic amines) is 1. The van der Waals surface area contributed by atoms with Crippen molar-refractivity contribution in [2.45, 2.75) is 44.8 Å². The molecule has 0 aromatic heterocycles. The van der Waals surface area contributed by atoms with Crippen LogP contribution in [-0.4, -0.2) is 49.3 Å². The van der Waals surface area contributed by atoms with Crippen LogP contribution in [0, 0.1) is 5.92 Å². The highest BCUT2D eigenvalue weighted by Gasteiger charge is 2.39. The standard InChI is InChI=1S/C19H27F3N2O2/c1-18(2,11-14-6-4-8-16(10-14)26-3)24-9-5-7-15(13-24)12-23-17(25)19(20,21)22/h4,6,8,10,15H,5,7,9,11-13H2,1-3H3,(H,23,25).